The van der Waals surface area contributed by atoms with Crippen LogP contribution in [0.2, 0.25) is 5.02 Å². The van der Waals surface area contributed by atoms with Crippen molar-refractivity contribution >= 4 is 17.5 Å². The number of amides is 1. The molecular formula is C16H18ClN3O2. The first kappa shape index (κ1) is 15.1. The van der Waals surface area contributed by atoms with Gasteiger partial charge in [-0.05, 0) is 18.6 Å². The molecule has 2 aromatic rings. The summed E-state index contributed by atoms with van der Waals surface area (Å²) in [6.07, 6.45) is 7.52. The first-order valence-electron chi connectivity index (χ1n) is 7.36. The van der Waals surface area contributed by atoms with Crippen LogP contribution in [0.25, 0.3) is 0 Å². The molecule has 0 saturated carbocycles. The van der Waals surface area contributed by atoms with Crippen molar-refractivity contribution in [2.45, 2.75) is 13.0 Å². The second-order valence-electron chi connectivity index (χ2n) is 5.41. The Labute approximate surface area is 134 Å². The summed E-state index contributed by atoms with van der Waals surface area (Å²) in [6, 6.07) is 3.66. The van der Waals surface area contributed by atoms with E-state index in [1.807, 2.05) is 11.0 Å². The molecule has 3 rings (SSSR count). The maximum atomic E-state index is 12.6. The summed E-state index contributed by atoms with van der Waals surface area (Å²) in [5.41, 5.74) is 1.69. The predicted molar refractivity (Wildman–Crippen MR) is 83.8 cm³/mol. The zero-order valence-corrected chi connectivity index (χ0v) is 13.0. The van der Waals surface area contributed by atoms with Crippen LogP contribution in [0.5, 0.6) is 0 Å². The SMILES string of the molecule is O=C(c1ccncc1Cl)N1CCCN(Cc2ccoc2)CC1. The molecule has 1 fully saturated rings. The molecule has 0 bridgehead atoms. The third-order valence-corrected chi connectivity index (χ3v) is 4.17. The Morgan fingerprint density at radius 1 is 1.27 bits per heavy atom. The van der Waals surface area contributed by atoms with E-state index in [-0.39, 0.29) is 5.91 Å². The molecule has 0 radical (unpaired) electrons. The Morgan fingerprint density at radius 2 is 2.18 bits per heavy atom. The van der Waals surface area contributed by atoms with Crippen LogP contribution in [-0.4, -0.2) is 46.9 Å². The average molecular weight is 320 g/mol. The van der Waals surface area contributed by atoms with E-state index in [0.717, 1.165) is 38.2 Å². The van der Waals surface area contributed by atoms with Gasteiger partial charge in [0.1, 0.15) is 0 Å². The van der Waals surface area contributed by atoms with Crippen LogP contribution in [0.1, 0.15) is 22.3 Å². The van der Waals surface area contributed by atoms with E-state index < -0.39 is 0 Å². The number of rotatable bonds is 3. The lowest BCUT2D eigenvalue weighted by Gasteiger charge is -2.22. The van der Waals surface area contributed by atoms with Crippen LogP contribution in [0.3, 0.4) is 0 Å². The Kier molecular flexibility index (Phi) is 4.75. The molecular weight excluding hydrogens is 302 g/mol. The highest BCUT2D eigenvalue weighted by Gasteiger charge is 2.22. The van der Waals surface area contributed by atoms with Gasteiger partial charge < -0.3 is 9.32 Å². The van der Waals surface area contributed by atoms with Gasteiger partial charge in [0.25, 0.3) is 5.91 Å². The zero-order chi connectivity index (χ0) is 15.4. The van der Waals surface area contributed by atoms with E-state index in [1.54, 1.807) is 24.8 Å². The van der Waals surface area contributed by atoms with E-state index in [2.05, 4.69) is 9.88 Å². The minimum absolute atomic E-state index is 0.0161. The highest BCUT2D eigenvalue weighted by Crippen LogP contribution is 2.17. The normalized spacial score (nSPS) is 16.5. The summed E-state index contributed by atoms with van der Waals surface area (Å²) in [5, 5.41) is 0.409. The van der Waals surface area contributed by atoms with Crippen molar-refractivity contribution in [2.75, 3.05) is 26.2 Å². The molecule has 0 N–H and O–H groups in total. The van der Waals surface area contributed by atoms with Crippen LogP contribution in [0.15, 0.2) is 41.5 Å². The van der Waals surface area contributed by atoms with Crippen LogP contribution in [0.4, 0.5) is 0 Å². The fourth-order valence-corrected chi connectivity index (χ4v) is 2.89. The van der Waals surface area contributed by atoms with Crippen molar-refractivity contribution in [3.05, 3.63) is 53.2 Å². The summed E-state index contributed by atoms with van der Waals surface area (Å²) >= 11 is 6.07. The number of carbonyl (C=O) groups excluding carboxylic acids is 1. The molecule has 0 aromatic carbocycles. The largest absolute Gasteiger partial charge is 0.472 e. The Balaban J connectivity index is 1.62. The third kappa shape index (κ3) is 3.48. The number of pyridine rings is 1. The fourth-order valence-electron chi connectivity index (χ4n) is 2.69. The molecule has 5 nitrogen and oxygen atoms in total. The van der Waals surface area contributed by atoms with Gasteiger partial charge >= 0.3 is 0 Å². The molecule has 0 atom stereocenters. The van der Waals surface area contributed by atoms with E-state index in [9.17, 15) is 4.79 Å². The van der Waals surface area contributed by atoms with Crippen molar-refractivity contribution in [3.8, 4) is 0 Å². The molecule has 1 amide bonds. The predicted octanol–water partition coefficient (Wildman–Crippen LogP) is 2.68. The van der Waals surface area contributed by atoms with Crippen molar-refractivity contribution in [2.24, 2.45) is 0 Å². The first-order valence-corrected chi connectivity index (χ1v) is 7.74. The molecule has 3 heterocycles. The van der Waals surface area contributed by atoms with Gasteiger partial charge in [-0.25, -0.2) is 0 Å². The number of halogens is 1. The van der Waals surface area contributed by atoms with E-state index >= 15 is 0 Å². The zero-order valence-electron chi connectivity index (χ0n) is 12.2. The third-order valence-electron chi connectivity index (χ3n) is 3.86. The van der Waals surface area contributed by atoms with Crippen LogP contribution in [-0.2, 0) is 6.54 Å². The lowest BCUT2D eigenvalue weighted by molar-refractivity contribution is 0.0761. The summed E-state index contributed by atoms with van der Waals surface area (Å²) in [5.74, 6) is -0.0161. The fraction of sp³-hybridized carbons (Fsp3) is 0.375. The summed E-state index contributed by atoms with van der Waals surface area (Å²) in [6.45, 7) is 4.13. The smallest absolute Gasteiger partial charge is 0.255 e. The topological polar surface area (TPSA) is 49.6 Å². The molecule has 0 spiro atoms. The summed E-state index contributed by atoms with van der Waals surface area (Å²) < 4.78 is 5.11. The molecule has 0 aliphatic carbocycles. The van der Waals surface area contributed by atoms with Crippen LogP contribution < -0.4 is 0 Å². The van der Waals surface area contributed by atoms with Gasteiger partial charge in [-0.3, -0.25) is 14.7 Å². The molecule has 116 valence electrons. The van der Waals surface area contributed by atoms with Crippen molar-refractivity contribution in [1.29, 1.82) is 0 Å². The maximum absolute atomic E-state index is 12.6. The van der Waals surface area contributed by atoms with Crippen molar-refractivity contribution in [3.63, 3.8) is 0 Å². The lowest BCUT2D eigenvalue weighted by Crippen LogP contribution is -2.35. The number of aromatic nitrogens is 1. The Hall–Kier alpha value is -1.85. The minimum atomic E-state index is -0.0161. The van der Waals surface area contributed by atoms with E-state index in [0.29, 0.717) is 17.1 Å². The summed E-state index contributed by atoms with van der Waals surface area (Å²) in [7, 11) is 0. The maximum Gasteiger partial charge on any atom is 0.255 e. The van der Waals surface area contributed by atoms with E-state index in [4.69, 9.17) is 16.0 Å². The molecule has 1 aliphatic heterocycles. The number of carbonyl (C=O) groups is 1. The van der Waals surface area contributed by atoms with Gasteiger partial charge in [0, 0.05) is 50.7 Å². The molecule has 1 saturated heterocycles. The average Bonchev–Trinajstić information content (AvgIpc) is 2.92. The van der Waals surface area contributed by atoms with Gasteiger partial charge in [0.2, 0.25) is 0 Å². The van der Waals surface area contributed by atoms with E-state index in [1.165, 1.54) is 6.20 Å². The molecule has 1 aliphatic rings. The number of hydrogen-bond donors (Lipinski definition) is 0. The van der Waals surface area contributed by atoms with Crippen LogP contribution in [0, 0.1) is 0 Å². The Bertz CT molecular complexity index is 630. The minimum Gasteiger partial charge on any atom is -0.472 e. The summed E-state index contributed by atoms with van der Waals surface area (Å²) in [4.78, 5) is 20.7. The first-order chi connectivity index (χ1) is 10.7. The van der Waals surface area contributed by atoms with Crippen molar-refractivity contribution < 1.29 is 9.21 Å². The standard InChI is InChI=1S/C16H18ClN3O2/c17-15-10-18-4-2-14(15)16(21)20-6-1-5-19(7-8-20)11-13-3-9-22-12-13/h2-4,9-10,12H,1,5-8,11H2. The van der Waals surface area contributed by atoms with Gasteiger partial charge in [-0.15, -0.1) is 0 Å². The quantitative estimate of drug-likeness (QED) is 0.872. The second-order valence-corrected chi connectivity index (χ2v) is 5.82. The monoisotopic (exact) mass is 319 g/mol. The molecule has 22 heavy (non-hydrogen) atoms. The second kappa shape index (κ2) is 6.94. The Morgan fingerprint density at radius 3 is 2.95 bits per heavy atom. The van der Waals surface area contributed by atoms with Gasteiger partial charge in [0.15, 0.2) is 0 Å². The van der Waals surface area contributed by atoms with Crippen molar-refractivity contribution in [1.82, 2.24) is 14.8 Å². The number of furan rings is 1. The van der Waals surface area contributed by atoms with Crippen LogP contribution >= 0.6 is 11.6 Å². The van der Waals surface area contributed by atoms with Gasteiger partial charge in [0.05, 0.1) is 23.1 Å². The molecule has 6 heteroatoms. The number of nitrogens with zero attached hydrogens (tertiary/aromatic N) is 3. The highest BCUT2D eigenvalue weighted by atomic mass is 35.5. The van der Waals surface area contributed by atoms with Gasteiger partial charge in [-0.1, -0.05) is 11.6 Å². The number of hydrogen-bond acceptors (Lipinski definition) is 4. The lowest BCUT2D eigenvalue weighted by atomic mass is 10.2. The van der Waals surface area contributed by atoms with Gasteiger partial charge in [-0.2, -0.15) is 0 Å². The highest BCUT2D eigenvalue weighted by molar-refractivity contribution is 6.33. The molecule has 2 aromatic heterocycles. The molecule has 0 unspecified atom stereocenters.